The molecule has 1 aliphatic heterocycles. The van der Waals surface area contributed by atoms with Crippen molar-refractivity contribution in [1.82, 2.24) is 4.98 Å². The topological polar surface area (TPSA) is 78.6 Å². The number of para-hydroxylation sites is 1. The van der Waals surface area contributed by atoms with Crippen LogP contribution in [0.25, 0.3) is 10.9 Å². The zero-order valence-corrected chi connectivity index (χ0v) is 14.7. The van der Waals surface area contributed by atoms with Crippen molar-refractivity contribution in [3.05, 3.63) is 65.4 Å². The molecular weight excluding hydrogens is 326 g/mol. The Morgan fingerprint density at radius 2 is 1.96 bits per heavy atom. The van der Waals surface area contributed by atoms with Crippen LogP contribution in [-0.4, -0.2) is 29.3 Å². The summed E-state index contributed by atoms with van der Waals surface area (Å²) in [6, 6.07) is 15.2. The molecule has 132 valence electrons. The lowest BCUT2D eigenvalue weighted by Gasteiger charge is -2.12. The number of benzene rings is 2. The van der Waals surface area contributed by atoms with Crippen LogP contribution in [0, 0.1) is 6.92 Å². The number of H-pyrrole nitrogens is 1. The standard InChI is InChI=1S/C21H21N3O2/c1-13-6-8-14(9-7-13)23-19(25)12-18-21(26)20-16(10-11-22-18)15-4-2-3-5-17(15)24-20/h2-9,18,22,24H,10-12H2,1H3,(H,23,25)/p+1/t18-/m1/s1. The number of nitrogens with one attached hydrogen (secondary N) is 2. The second-order valence-corrected chi connectivity index (χ2v) is 6.89. The van der Waals surface area contributed by atoms with Gasteiger partial charge in [-0.1, -0.05) is 35.9 Å². The maximum atomic E-state index is 13.0. The highest BCUT2D eigenvalue weighted by atomic mass is 16.2. The van der Waals surface area contributed by atoms with Crippen LogP contribution >= 0.6 is 0 Å². The molecule has 1 amide bonds. The monoisotopic (exact) mass is 348 g/mol. The molecule has 5 nitrogen and oxygen atoms in total. The summed E-state index contributed by atoms with van der Waals surface area (Å²) in [7, 11) is 0. The lowest BCUT2D eigenvalue weighted by atomic mass is 10.0. The molecule has 1 aromatic heterocycles. The van der Waals surface area contributed by atoms with E-state index in [0.29, 0.717) is 5.69 Å². The number of aromatic nitrogens is 1. The van der Waals surface area contributed by atoms with E-state index in [9.17, 15) is 9.59 Å². The molecule has 5 heteroatoms. The van der Waals surface area contributed by atoms with Crippen LogP contribution < -0.4 is 10.6 Å². The number of hydrogen-bond acceptors (Lipinski definition) is 2. The highest BCUT2D eigenvalue weighted by Crippen LogP contribution is 2.24. The molecule has 0 saturated carbocycles. The number of aryl methyl sites for hydroxylation is 1. The Morgan fingerprint density at radius 3 is 2.77 bits per heavy atom. The van der Waals surface area contributed by atoms with Gasteiger partial charge in [0.1, 0.15) is 0 Å². The van der Waals surface area contributed by atoms with E-state index in [4.69, 9.17) is 0 Å². The number of Topliss-reactive ketones (excluding diaryl/α,β-unsaturated/α-hetero) is 1. The number of fused-ring (bicyclic) bond motifs is 3. The number of hydrogen-bond donors (Lipinski definition) is 3. The van der Waals surface area contributed by atoms with Gasteiger partial charge in [-0.15, -0.1) is 0 Å². The van der Waals surface area contributed by atoms with Crippen molar-refractivity contribution in [3.63, 3.8) is 0 Å². The largest absolute Gasteiger partial charge is 0.352 e. The maximum absolute atomic E-state index is 13.0. The average molecular weight is 348 g/mol. The number of aromatic amines is 1. The van der Waals surface area contributed by atoms with Crippen LogP contribution in [-0.2, 0) is 11.2 Å². The summed E-state index contributed by atoms with van der Waals surface area (Å²) in [6.07, 6.45) is 0.989. The highest BCUT2D eigenvalue weighted by molar-refractivity contribution is 6.06. The Hall–Kier alpha value is -2.92. The number of ketones is 1. The molecule has 0 spiro atoms. The molecule has 3 aromatic rings. The SMILES string of the molecule is Cc1ccc(NC(=O)C[C@H]2[NH2+]CCc3c([nH]c4ccccc34)C2=O)cc1. The van der Waals surface area contributed by atoms with Crippen molar-refractivity contribution in [2.75, 3.05) is 11.9 Å². The van der Waals surface area contributed by atoms with E-state index in [2.05, 4.69) is 10.3 Å². The number of nitrogens with two attached hydrogens (primary N) is 1. The lowest BCUT2D eigenvalue weighted by Crippen LogP contribution is -2.92. The summed E-state index contributed by atoms with van der Waals surface area (Å²) in [5.74, 6) is -0.129. The van der Waals surface area contributed by atoms with Gasteiger partial charge in [-0.05, 0) is 30.7 Å². The summed E-state index contributed by atoms with van der Waals surface area (Å²) < 4.78 is 0. The second-order valence-electron chi connectivity index (χ2n) is 6.89. The number of carbonyl (C=O) groups is 2. The minimum absolute atomic E-state index is 0.00718. The quantitative estimate of drug-likeness (QED) is 0.678. The molecule has 0 saturated heterocycles. The number of anilines is 1. The van der Waals surface area contributed by atoms with E-state index < -0.39 is 6.04 Å². The molecule has 2 aromatic carbocycles. The van der Waals surface area contributed by atoms with Gasteiger partial charge in [0, 0.05) is 23.0 Å². The van der Waals surface area contributed by atoms with Crippen LogP contribution in [0.15, 0.2) is 48.5 Å². The van der Waals surface area contributed by atoms with E-state index in [1.54, 1.807) is 0 Å². The van der Waals surface area contributed by atoms with E-state index in [1.807, 2.05) is 60.8 Å². The summed E-state index contributed by atoms with van der Waals surface area (Å²) >= 11 is 0. The zero-order valence-electron chi connectivity index (χ0n) is 14.7. The van der Waals surface area contributed by atoms with Gasteiger partial charge in [-0.2, -0.15) is 0 Å². The number of quaternary nitrogens is 1. The number of rotatable bonds is 3. The van der Waals surface area contributed by atoms with Gasteiger partial charge in [0.25, 0.3) is 0 Å². The van der Waals surface area contributed by atoms with E-state index in [-0.39, 0.29) is 18.1 Å². The van der Waals surface area contributed by atoms with Gasteiger partial charge in [0.15, 0.2) is 6.04 Å². The normalized spacial score (nSPS) is 17.0. The fourth-order valence-electron chi connectivity index (χ4n) is 3.62. The second kappa shape index (κ2) is 6.77. The van der Waals surface area contributed by atoms with Crippen LogP contribution in [0.5, 0.6) is 0 Å². The Morgan fingerprint density at radius 1 is 1.19 bits per heavy atom. The first-order chi connectivity index (χ1) is 12.6. The zero-order chi connectivity index (χ0) is 18.1. The molecule has 2 heterocycles. The Balaban J connectivity index is 1.53. The maximum Gasteiger partial charge on any atom is 0.236 e. The van der Waals surface area contributed by atoms with Gasteiger partial charge in [0.05, 0.1) is 18.7 Å². The summed E-state index contributed by atoms with van der Waals surface area (Å²) in [6.45, 7) is 2.80. The van der Waals surface area contributed by atoms with Crippen molar-refractivity contribution in [3.8, 4) is 0 Å². The first-order valence-corrected chi connectivity index (χ1v) is 8.95. The number of carbonyl (C=O) groups excluding carboxylic acids is 2. The van der Waals surface area contributed by atoms with Crippen LogP contribution in [0.1, 0.15) is 28.0 Å². The first kappa shape index (κ1) is 16.5. The minimum Gasteiger partial charge on any atom is -0.352 e. The third-order valence-corrected chi connectivity index (χ3v) is 4.98. The molecule has 0 fully saturated rings. The van der Waals surface area contributed by atoms with Crippen molar-refractivity contribution in [2.24, 2.45) is 0 Å². The average Bonchev–Trinajstić information content (AvgIpc) is 2.94. The molecule has 26 heavy (non-hydrogen) atoms. The molecule has 4 N–H and O–H groups in total. The summed E-state index contributed by atoms with van der Waals surface area (Å²) in [5, 5.41) is 5.98. The third kappa shape index (κ3) is 3.13. The lowest BCUT2D eigenvalue weighted by molar-refractivity contribution is -0.673. The van der Waals surface area contributed by atoms with Crippen LogP contribution in [0.3, 0.4) is 0 Å². The van der Waals surface area contributed by atoms with Gasteiger partial charge in [0.2, 0.25) is 11.7 Å². The van der Waals surface area contributed by atoms with E-state index in [1.165, 1.54) is 0 Å². The Labute approximate surface area is 151 Å². The van der Waals surface area contributed by atoms with Gasteiger partial charge in [-0.25, -0.2) is 0 Å². The van der Waals surface area contributed by atoms with Gasteiger partial charge >= 0.3 is 0 Å². The molecule has 0 aliphatic carbocycles. The van der Waals surface area contributed by atoms with Crippen molar-refractivity contribution < 1.29 is 14.9 Å². The van der Waals surface area contributed by atoms with E-state index in [0.717, 1.165) is 40.7 Å². The minimum atomic E-state index is -0.394. The van der Waals surface area contributed by atoms with E-state index >= 15 is 0 Å². The van der Waals surface area contributed by atoms with Gasteiger partial charge < -0.3 is 15.6 Å². The molecule has 0 radical (unpaired) electrons. The predicted molar refractivity (Wildman–Crippen MR) is 101 cm³/mol. The third-order valence-electron chi connectivity index (χ3n) is 4.98. The Kier molecular flexibility index (Phi) is 4.31. The van der Waals surface area contributed by atoms with Crippen molar-refractivity contribution in [2.45, 2.75) is 25.8 Å². The first-order valence-electron chi connectivity index (χ1n) is 8.95. The predicted octanol–water partition coefficient (Wildman–Crippen LogP) is 2.18. The van der Waals surface area contributed by atoms with Gasteiger partial charge in [-0.3, -0.25) is 9.59 Å². The fraction of sp³-hybridized carbons (Fsp3) is 0.238. The molecule has 1 atom stereocenters. The summed E-state index contributed by atoms with van der Waals surface area (Å²) in [4.78, 5) is 28.7. The van der Waals surface area contributed by atoms with Crippen LogP contribution in [0.2, 0.25) is 0 Å². The molecule has 4 rings (SSSR count). The highest BCUT2D eigenvalue weighted by Gasteiger charge is 2.32. The molecule has 0 bridgehead atoms. The molecule has 0 unspecified atom stereocenters. The van der Waals surface area contributed by atoms with Crippen molar-refractivity contribution in [1.29, 1.82) is 0 Å². The Bertz CT molecular complexity index is 973. The molecule has 1 aliphatic rings. The molecular formula is C21H22N3O2+. The smallest absolute Gasteiger partial charge is 0.236 e. The summed E-state index contributed by atoms with van der Waals surface area (Å²) in [5.41, 5.74) is 4.61. The number of amides is 1. The van der Waals surface area contributed by atoms with Crippen LogP contribution in [0.4, 0.5) is 5.69 Å². The fourth-order valence-corrected chi connectivity index (χ4v) is 3.62. The van der Waals surface area contributed by atoms with Crippen molar-refractivity contribution >= 4 is 28.3 Å².